The number of rotatable bonds is 5. The number of carbonyl (C=O) groups is 2. The Balaban J connectivity index is 0.000000220. The van der Waals surface area contributed by atoms with E-state index < -0.39 is 11.9 Å². The fourth-order valence-electron chi connectivity index (χ4n) is 5.00. The summed E-state index contributed by atoms with van der Waals surface area (Å²) in [6.07, 6.45) is 6.81. The molecular formula is C30H44N4O3. The van der Waals surface area contributed by atoms with Gasteiger partial charge in [-0.05, 0) is 81.0 Å². The maximum Gasteiger partial charge on any atom is 0.397 e. The van der Waals surface area contributed by atoms with E-state index in [4.69, 9.17) is 4.74 Å². The van der Waals surface area contributed by atoms with Crippen LogP contribution in [0.5, 0.6) is 0 Å². The summed E-state index contributed by atoms with van der Waals surface area (Å²) in [5, 5.41) is 3.58. The zero-order valence-corrected chi connectivity index (χ0v) is 23.2. The maximum absolute atomic E-state index is 12.3. The summed E-state index contributed by atoms with van der Waals surface area (Å²) in [6.45, 7) is 3.70. The Kier molecular flexibility index (Phi) is 10.8. The molecule has 0 bridgehead atoms. The van der Waals surface area contributed by atoms with Gasteiger partial charge in [-0.2, -0.15) is 0 Å². The Morgan fingerprint density at radius 1 is 0.892 bits per heavy atom. The normalized spacial score (nSPS) is 19.3. The van der Waals surface area contributed by atoms with Gasteiger partial charge in [-0.1, -0.05) is 30.7 Å². The van der Waals surface area contributed by atoms with Gasteiger partial charge in [-0.3, -0.25) is 4.79 Å². The molecule has 2 aromatic carbocycles. The number of esters is 1. The molecule has 0 aliphatic carbocycles. The van der Waals surface area contributed by atoms with Crippen LogP contribution in [0.15, 0.2) is 48.5 Å². The van der Waals surface area contributed by atoms with Crippen LogP contribution in [-0.4, -0.2) is 64.7 Å². The van der Waals surface area contributed by atoms with Crippen molar-refractivity contribution in [2.75, 3.05) is 57.7 Å². The molecule has 4 rings (SSSR count). The quantitative estimate of drug-likeness (QED) is 0.456. The molecule has 2 aliphatic heterocycles. The first-order valence-electron chi connectivity index (χ1n) is 13.6. The highest BCUT2D eigenvalue weighted by Gasteiger charge is 2.32. The average Bonchev–Trinajstić information content (AvgIpc) is 2.93. The fourth-order valence-corrected chi connectivity index (χ4v) is 5.00. The molecule has 0 saturated carbocycles. The Labute approximate surface area is 222 Å². The number of anilines is 2. The predicted molar refractivity (Wildman–Crippen MR) is 151 cm³/mol. The van der Waals surface area contributed by atoms with Crippen LogP contribution in [0.4, 0.5) is 11.4 Å². The molecule has 2 aliphatic rings. The first-order valence-corrected chi connectivity index (χ1v) is 13.6. The summed E-state index contributed by atoms with van der Waals surface area (Å²) in [4.78, 5) is 30.0. The summed E-state index contributed by atoms with van der Waals surface area (Å²) in [6, 6.07) is 17.5. The van der Waals surface area contributed by atoms with Crippen molar-refractivity contribution < 1.29 is 14.3 Å². The van der Waals surface area contributed by atoms with E-state index in [9.17, 15) is 9.59 Å². The third-order valence-electron chi connectivity index (χ3n) is 7.08. The summed E-state index contributed by atoms with van der Waals surface area (Å²) < 4.78 is 4.86. The Morgan fingerprint density at radius 2 is 1.51 bits per heavy atom. The summed E-state index contributed by atoms with van der Waals surface area (Å²) in [7, 11) is 8.16. The molecule has 2 heterocycles. The van der Waals surface area contributed by atoms with Crippen LogP contribution in [0.25, 0.3) is 0 Å². The van der Waals surface area contributed by atoms with Gasteiger partial charge in [0, 0.05) is 52.2 Å². The number of hydrogen-bond donors (Lipinski definition) is 1. The lowest BCUT2D eigenvalue weighted by Gasteiger charge is -2.35. The maximum atomic E-state index is 12.3. The van der Waals surface area contributed by atoms with E-state index in [-0.39, 0.29) is 12.6 Å². The van der Waals surface area contributed by atoms with Gasteiger partial charge in [0.15, 0.2) is 0 Å². The second-order valence-electron chi connectivity index (χ2n) is 10.2. The van der Waals surface area contributed by atoms with E-state index >= 15 is 0 Å². The molecule has 2 unspecified atom stereocenters. The Morgan fingerprint density at radius 3 is 2.11 bits per heavy atom. The van der Waals surface area contributed by atoms with Gasteiger partial charge in [0.2, 0.25) is 0 Å². The first-order chi connectivity index (χ1) is 17.8. The van der Waals surface area contributed by atoms with Crippen LogP contribution in [0.2, 0.25) is 0 Å². The van der Waals surface area contributed by atoms with Gasteiger partial charge in [-0.25, -0.2) is 4.79 Å². The lowest BCUT2D eigenvalue weighted by Crippen LogP contribution is -2.43. The molecule has 7 nitrogen and oxygen atoms in total. The van der Waals surface area contributed by atoms with Crippen LogP contribution < -0.4 is 15.1 Å². The van der Waals surface area contributed by atoms with Gasteiger partial charge in [0.1, 0.15) is 0 Å². The van der Waals surface area contributed by atoms with Crippen molar-refractivity contribution in [1.29, 1.82) is 0 Å². The molecule has 2 atom stereocenters. The van der Waals surface area contributed by atoms with Crippen LogP contribution in [0.3, 0.4) is 0 Å². The molecule has 2 saturated heterocycles. The number of likely N-dealkylation sites (tertiary alicyclic amines) is 1. The molecule has 2 aromatic rings. The molecule has 2 fully saturated rings. The summed E-state index contributed by atoms with van der Waals surface area (Å²) in [5.41, 5.74) is 4.89. The highest BCUT2D eigenvalue weighted by Crippen LogP contribution is 2.32. The van der Waals surface area contributed by atoms with Crippen molar-refractivity contribution >= 4 is 23.3 Å². The number of hydrogen-bond acceptors (Lipinski definition) is 6. The number of nitrogens with one attached hydrogen (secondary N) is 1. The van der Waals surface area contributed by atoms with E-state index in [2.05, 4.69) is 54.6 Å². The molecule has 0 radical (unpaired) electrons. The van der Waals surface area contributed by atoms with Crippen molar-refractivity contribution in [3.05, 3.63) is 59.7 Å². The molecule has 1 N–H and O–H groups in total. The zero-order valence-electron chi connectivity index (χ0n) is 23.2. The SMILES string of the molecule is CCOC(=O)C(=O)N1CCCCC1c1cccc(N(C)C)c1.CN(C)c1cccc(C2CCCCN2)c1. The molecule has 0 aromatic heterocycles. The number of ether oxygens (including phenoxy) is 1. The molecule has 1 amide bonds. The van der Waals surface area contributed by atoms with Gasteiger partial charge in [-0.15, -0.1) is 0 Å². The highest BCUT2D eigenvalue weighted by atomic mass is 16.5. The Bertz CT molecular complexity index is 1020. The monoisotopic (exact) mass is 508 g/mol. The van der Waals surface area contributed by atoms with Crippen LogP contribution in [-0.2, 0) is 14.3 Å². The molecule has 202 valence electrons. The van der Waals surface area contributed by atoms with Crippen LogP contribution in [0, 0.1) is 0 Å². The minimum absolute atomic E-state index is 0.0504. The molecule has 7 heteroatoms. The largest absolute Gasteiger partial charge is 0.459 e. The fraction of sp³-hybridized carbons (Fsp3) is 0.533. The van der Waals surface area contributed by atoms with Gasteiger partial charge in [0.25, 0.3) is 0 Å². The summed E-state index contributed by atoms with van der Waals surface area (Å²) in [5.74, 6) is -1.28. The van der Waals surface area contributed by atoms with E-state index in [0.29, 0.717) is 12.6 Å². The molecule has 37 heavy (non-hydrogen) atoms. The lowest BCUT2D eigenvalue weighted by atomic mass is 9.94. The van der Waals surface area contributed by atoms with Crippen molar-refractivity contribution in [2.24, 2.45) is 0 Å². The van der Waals surface area contributed by atoms with Crippen molar-refractivity contribution in [2.45, 2.75) is 57.5 Å². The van der Waals surface area contributed by atoms with Crippen molar-refractivity contribution in [1.82, 2.24) is 10.2 Å². The summed E-state index contributed by atoms with van der Waals surface area (Å²) >= 11 is 0. The minimum Gasteiger partial charge on any atom is -0.459 e. The van der Waals surface area contributed by atoms with Crippen molar-refractivity contribution in [3.63, 3.8) is 0 Å². The topological polar surface area (TPSA) is 65.1 Å². The number of amides is 1. The third kappa shape index (κ3) is 7.96. The minimum atomic E-state index is -0.752. The standard InChI is InChI=1S/C17H24N2O3.C13H20N2/c1-4-22-17(21)16(20)19-11-6-5-10-15(19)13-8-7-9-14(12-13)18(2)3;1-15(2)12-7-5-6-11(10-12)13-8-3-4-9-14-13/h7-9,12,15H,4-6,10-11H2,1-3H3;5-7,10,13-14H,3-4,8-9H2,1-2H3. The van der Waals surface area contributed by atoms with E-state index in [1.54, 1.807) is 11.8 Å². The second-order valence-corrected chi connectivity index (χ2v) is 10.2. The van der Waals surface area contributed by atoms with E-state index in [1.165, 1.54) is 30.5 Å². The van der Waals surface area contributed by atoms with Crippen LogP contribution in [0.1, 0.15) is 68.7 Å². The van der Waals surface area contributed by atoms with Crippen molar-refractivity contribution in [3.8, 4) is 0 Å². The first kappa shape index (κ1) is 28.5. The number of benzene rings is 2. The van der Waals surface area contributed by atoms with E-state index in [1.807, 2.05) is 37.2 Å². The number of nitrogens with zero attached hydrogens (tertiary/aromatic N) is 3. The number of carbonyl (C=O) groups excluding carboxylic acids is 2. The molecular weight excluding hydrogens is 464 g/mol. The van der Waals surface area contributed by atoms with Crippen LogP contribution >= 0.6 is 0 Å². The smallest absolute Gasteiger partial charge is 0.397 e. The highest BCUT2D eigenvalue weighted by molar-refractivity contribution is 6.32. The zero-order chi connectivity index (χ0) is 26.8. The predicted octanol–water partition coefficient (Wildman–Crippen LogP) is 4.94. The van der Waals surface area contributed by atoms with Gasteiger partial charge in [0.05, 0.1) is 12.6 Å². The number of piperidine rings is 2. The van der Waals surface area contributed by atoms with E-state index in [0.717, 1.165) is 37.1 Å². The van der Waals surface area contributed by atoms with Gasteiger partial charge >= 0.3 is 11.9 Å². The average molecular weight is 509 g/mol. The molecule has 0 spiro atoms. The third-order valence-corrected chi connectivity index (χ3v) is 7.08. The second kappa shape index (κ2) is 14.0. The lowest BCUT2D eigenvalue weighted by molar-refractivity contribution is -0.161. The van der Waals surface area contributed by atoms with Gasteiger partial charge < -0.3 is 24.8 Å². The Hall–Kier alpha value is -3.06.